The number of cyclic esters (lactones) is 1. The number of hydrogen-bond acceptors (Lipinski definition) is 3. The van der Waals surface area contributed by atoms with Crippen LogP contribution in [0, 0.1) is 0 Å². The second-order valence-corrected chi connectivity index (χ2v) is 4.69. The fraction of sp³-hybridized carbons (Fsp3) is 0.0769. The number of esters is 1. The van der Waals surface area contributed by atoms with Crippen molar-refractivity contribution in [1.29, 1.82) is 0 Å². The van der Waals surface area contributed by atoms with Gasteiger partial charge in [-0.15, -0.1) is 0 Å². The van der Waals surface area contributed by atoms with E-state index in [1.54, 1.807) is 18.3 Å². The molecule has 3 rings (SSSR count). The number of rotatable bonds is 1. The van der Waals surface area contributed by atoms with Gasteiger partial charge in [-0.05, 0) is 29.8 Å². The molecule has 0 bridgehead atoms. The molecule has 0 saturated heterocycles. The molecule has 0 aliphatic carbocycles. The average Bonchev–Trinajstić information content (AvgIpc) is 2.68. The van der Waals surface area contributed by atoms with Crippen LogP contribution in [-0.4, -0.2) is 11.0 Å². The van der Waals surface area contributed by atoms with Gasteiger partial charge < -0.3 is 4.74 Å². The number of benzene rings is 1. The third-order valence-electron chi connectivity index (χ3n) is 2.68. The molecule has 1 aliphatic rings. The van der Waals surface area contributed by atoms with Crippen molar-refractivity contribution in [1.82, 2.24) is 4.98 Å². The molecular weight excluding hydrogens is 282 g/mol. The number of hydrogen-bond donors (Lipinski definition) is 0. The molecule has 3 nitrogen and oxygen atoms in total. The molecule has 1 unspecified atom stereocenters. The first-order valence-electron chi connectivity index (χ1n) is 5.17. The van der Waals surface area contributed by atoms with E-state index in [9.17, 15) is 4.79 Å². The lowest BCUT2D eigenvalue weighted by Gasteiger charge is -2.10. The fourth-order valence-electron chi connectivity index (χ4n) is 1.92. The van der Waals surface area contributed by atoms with Crippen molar-refractivity contribution in [3.63, 3.8) is 0 Å². The maximum Gasteiger partial charge on any atom is 0.341 e. The number of ether oxygens (including phenoxy) is 1. The number of carbonyl (C=O) groups is 1. The standard InChI is InChI=1S/C13H8BrNO2/c14-9-4-1-3-8(7-9)12-11-10(13(16)17-12)5-2-6-15-11/h1-7,12H. The van der Waals surface area contributed by atoms with Crippen LogP contribution in [0.1, 0.15) is 27.7 Å². The van der Waals surface area contributed by atoms with Crippen LogP contribution in [0.5, 0.6) is 0 Å². The van der Waals surface area contributed by atoms with Gasteiger partial charge >= 0.3 is 5.97 Å². The van der Waals surface area contributed by atoms with E-state index >= 15 is 0 Å². The monoisotopic (exact) mass is 289 g/mol. The number of nitrogens with zero attached hydrogens (tertiary/aromatic N) is 1. The first kappa shape index (κ1) is 10.5. The molecule has 0 spiro atoms. The predicted molar refractivity (Wildman–Crippen MR) is 65.6 cm³/mol. The Kier molecular flexibility index (Phi) is 2.44. The van der Waals surface area contributed by atoms with Gasteiger partial charge in [0.05, 0.1) is 5.56 Å². The van der Waals surface area contributed by atoms with Crippen LogP contribution in [0.15, 0.2) is 47.1 Å². The summed E-state index contributed by atoms with van der Waals surface area (Å²) in [6.07, 6.45) is 1.28. The van der Waals surface area contributed by atoms with E-state index in [4.69, 9.17) is 4.74 Å². The van der Waals surface area contributed by atoms with Gasteiger partial charge in [-0.25, -0.2) is 4.79 Å². The first-order chi connectivity index (χ1) is 8.25. The van der Waals surface area contributed by atoms with E-state index in [0.29, 0.717) is 11.3 Å². The Hall–Kier alpha value is -1.68. The second-order valence-electron chi connectivity index (χ2n) is 3.78. The number of pyridine rings is 1. The van der Waals surface area contributed by atoms with Gasteiger partial charge in [0, 0.05) is 10.7 Å². The molecule has 0 amide bonds. The third kappa shape index (κ3) is 1.74. The molecule has 4 heteroatoms. The summed E-state index contributed by atoms with van der Waals surface area (Å²) < 4.78 is 6.30. The van der Waals surface area contributed by atoms with Gasteiger partial charge in [0.25, 0.3) is 0 Å². The van der Waals surface area contributed by atoms with Crippen molar-refractivity contribution in [2.45, 2.75) is 6.10 Å². The lowest BCUT2D eigenvalue weighted by molar-refractivity contribution is 0.0452. The van der Waals surface area contributed by atoms with Gasteiger partial charge in [-0.2, -0.15) is 0 Å². The highest BCUT2D eigenvalue weighted by atomic mass is 79.9. The summed E-state index contributed by atoms with van der Waals surface area (Å²) >= 11 is 3.40. The number of aromatic nitrogens is 1. The summed E-state index contributed by atoms with van der Waals surface area (Å²) in [5, 5.41) is 0. The third-order valence-corrected chi connectivity index (χ3v) is 3.18. The zero-order valence-corrected chi connectivity index (χ0v) is 10.3. The number of halogens is 1. The molecule has 0 saturated carbocycles. The minimum absolute atomic E-state index is 0.307. The van der Waals surface area contributed by atoms with Crippen molar-refractivity contribution in [2.75, 3.05) is 0 Å². The van der Waals surface area contributed by atoms with Crippen LogP contribution < -0.4 is 0 Å². The summed E-state index contributed by atoms with van der Waals surface area (Å²) in [4.78, 5) is 15.9. The summed E-state index contributed by atoms with van der Waals surface area (Å²) in [6.45, 7) is 0. The molecule has 0 radical (unpaired) electrons. The summed E-state index contributed by atoms with van der Waals surface area (Å²) in [5.41, 5.74) is 2.17. The Balaban J connectivity index is 2.10. The zero-order chi connectivity index (χ0) is 11.8. The van der Waals surface area contributed by atoms with E-state index in [0.717, 1.165) is 10.0 Å². The normalized spacial score (nSPS) is 17.7. The molecule has 0 fully saturated rings. The van der Waals surface area contributed by atoms with Crippen LogP contribution in [0.2, 0.25) is 0 Å². The minimum Gasteiger partial charge on any atom is -0.447 e. The van der Waals surface area contributed by atoms with E-state index in [-0.39, 0.29) is 5.97 Å². The maximum absolute atomic E-state index is 11.7. The first-order valence-corrected chi connectivity index (χ1v) is 5.96. The topological polar surface area (TPSA) is 39.2 Å². The van der Waals surface area contributed by atoms with Crippen molar-refractivity contribution in [3.05, 3.63) is 63.9 Å². The van der Waals surface area contributed by atoms with Crippen molar-refractivity contribution in [3.8, 4) is 0 Å². The molecule has 1 aliphatic heterocycles. The molecule has 1 atom stereocenters. The summed E-state index contributed by atoms with van der Waals surface area (Å²) in [6, 6.07) is 11.2. The molecule has 0 N–H and O–H groups in total. The van der Waals surface area contributed by atoms with Gasteiger partial charge in [-0.1, -0.05) is 28.1 Å². The van der Waals surface area contributed by atoms with Crippen LogP contribution in [0.25, 0.3) is 0 Å². The zero-order valence-electron chi connectivity index (χ0n) is 8.76. The predicted octanol–water partition coefficient (Wildman–Crippen LogP) is 3.10. The quantitative estimate of drug-likeness (QED) is 0.758. The van der Waals surface area contributed by atoms with Crippen LogP contribution >= 0.6 is 15.9 Å². The Morgan fingerprint density at radius 1 is 1.24 bits per heavy atom. The number of fused-ring (bicyclic) bond motifs is 1. The van der Waals surface area contributed by atoms with Crippen LogP contribution in [0.3, 0.4) is 0 Å². The van der Waals surface area contributed by atoms with E-state index in [1.807, 2.05) is 24.3 Å². The summed E-state index contributed by atoms with van der Waals surface area (Å²) in [5.74, 6) is -0.307. The SMILES string of the molecule is O=C1OC(c2cccc(Br)c2)c2ncccc21. The van der Waals surface area contributed by atoms with Gasteiger partial charge in [0.2, 0.25) is 0 Å². The van der Waals surface area contributed by atoms with Gasteiger partial charge in [0.15, 0.2) is 6.10 Å². The Labute approximate surface area is 107 Å². The van der Waals surface area contributed by atoms with Crippen LogP contribution in [0.4, 0.5) is 0 Å². The smallest absolute Gasteiger partial charge is 0.341 e. The Morgan fingerprint density at radius 3 is 2.94 bits per heavy atom. The Bertz CT molecular complexity index is 597. The maximum atomic E-state index is 11.7. The largest absolute Gasteiger partial charge is 0.447 e. The minimum atomic E-state index is -0.392. The molecular formula is C13H8BrNO2. The molecule has 17 heavy (non-hydrogen) atoms. The lowest BCUT2D eigenvalue weighted by atomic mass is 10.0. The van der Waals surface area contributed by atoms with E-state index in [2.05, 4.69) is 20.9 Å². The van der Waals surface area contributed by atoms with Gasteiger partial charge in [-0.3, -0.25) is 4.98 Å². The van der Waals surface area contributed by atoms with Crippen molar-refractivity contribution >= 4 is 21.9 Å². The molecule has 1 aromatic heterocycles. The second kappa shape index (κ2) is 3.96. The highest BCUT2D eigenvalue weighted by Gasteiger charge is 2.33. The average molecular weight is 290 g/mol. The molecule has 1 aromatic carbocycles. The van der Waals surface area contributed by atoms with Crippen molar-refractivity contribution < 1.29 is 9.53 Å². The van der Waals surface area contributed by atoms with Crippen molar-refractivity contribution in [2.24, 2.45) is 0 Å². The molecule has 84 valence electrons. The van der Waals surface area contributed by atoms with E-state index in [1.165, 1.54) is 0 Å². The molecule has 2 aromatic rings. The highest BCUT2D eigenvalue weighted by Crippen LogP contribution is 2.34. The van der Waals surface area contributed by atoms with Gasteiger partial charge in [0.1, 0.15) is 5.69 Å². The number of carbonyl (C=O) groups excluding carboxylic acids is 1. The highest BCUT2D eigenvalue weighted by molar-refractivity contribution is 9.10. The summed E-state index contributed by atoms with van der Waals surface area (Å²) in [7, 11) is 0. The lowest BCUT2D eigenvalue weighted by Crippen LogP contribution is -2.01. The van der Waals surface area contributed by atoms with E-state index < -0.39 is 6.10 Å². The Morgan fingerprint density at radius 2 is 2.12 bits per heavy atom. The molecule has 2 heterocycles. The fourth-order valence-corrected chi connectivity index (χ4v) is 2.34. The van der Waals surface area contributed by atoms with Crippen LogP contribution in [-0.2, 0) is 4.74 Å².